The van der Waals surface area contributed by atoms with Gasteiger partial charge in [0.25, 0.3) is 5.91 Å². The first-order chi connectivity index (χ1) is 14.7. The van der Waals surface area contributed by atoms with Gasteiger partial charge in [0.1, 0.15) is 0 Å². The summed E-state index contributed by atoms with van der Waals surface area (Å²) in [5, 5.41) is 0.780. The molecule has 4 rings (SSSR count). The monoisotopic (exact) mass is 441 g/mol. The lowest BCUT2D eigenvalue weighted by molar-refractivity contribution is 0.0376. The molecule has 1 aromatic heterocycles. The molecule has 1 fully saturated rings. The number of nitrogens with zero attached hydrogens (tertiary/aromatic N) is 3. The maximum Gasteiger partial charge on any atom is 0.261 e. The minimum Gasteiger partial charge on any atom is -0.379 e. The van der Waals surface area contributed by atoms with Crippen LogP contribution in [0.5, 0.6) is 0 Å². The number of hydrogen-bond acceptors (Lipinski definition) is 6. The standard InChI is InChI=1S/C23H27N3O2S2/c1-17-7-5-10-20-21(17)24-23(30-20)26(12-6-11-25-13-15-28-16-14-25)22(27)18-8-3-4-9-19(18)29-2/h3-5,7-10H,6,11-16H2,1-2H3. The van der Waals surface area contributed by atoms with E-state index in [4.69, 9.17) is 9.72 Å². The number of aromatic nitrogens is 1. The van der Waals surface area contributed by atoms with Crippen molar-refractivity contribution in [2.24, 2.45) is 0 Å². The molecular weight excluding hydrogens is 414 g/mol. The Balaban J connectivity index is 1.61. The Bertz CT molecular complexity index is 1010. The van der Waals surface area contributed by atoms with Crippen LogP contribution in [0.2, 0.25) is 0 Å². The number of rotatable bonds is 7. The van der Waals surface area contributed by atoms with Crippen molar-refractivity contribution in [1.82, 2.24) is 9.88 Å². The summed E-state index contributed by atoms with van der Waals surface area (Å²) in [4.78, 5) is 23.8. The zero-order chi connectivity index (χ0) is 20.9. The third-order valence-electron chi connectivity index (χ3n) is 5.38. The summed E-state index contributed by atoms with van der Waals surface area (Å²) in [5.41, 5.74) is 2.87. The number of carbonyl (C=O) groups excluding carboxylic acids is 1. The second kappa shape index (κ2) is 9.92. The second-order valence-corrected chi connectivity index (χ2v) is 9.24. The zero-order valence-electron chi connectivity index (χ0n) is 17.5. The van der Waals surface area contributed by atoms with Gasteiger partial charge in [0.2, 0.25) is 0 Å². The predicted octanol–water partition coefficient (Wildman–Crippen LogP) is 4.70. The number of carbonyl (C=O) groups is 1. The molecule has 0 atom stereocenters. The zero-order valence-corrected chi connectivity index (χ0v) is 19.1. The molecule has 0 aliphatic carbocycles. The fourth-order valence-electron chi connectivity index (χ4n) is 3.72. The average molecular weight is 442 g/mol. The van der Waals surface area contributed by atoms with Crippen LogP contribution >= 0.6 is 23.1 Å². The number of thiazole rings is 1. The molecule has 30 heavy (non-hydrogen) atoms. The van der Waals surface area contributed by atoms with Crippen LogP contribution in [0.4, 0.5) is 5.13 Å². The molecule has 1 saturated heterocycles. The van der Waals surface area contributed by atoms with Crippen LogP contribution in [0.15, 0.2) is 47.4 Å². The smallest absolute Gasteiger partial charge is 0.261 e. The molecule has 2 heterocycles. The molecule has 3 aromatic rings. The van der Waals surface area contributed by atoms with Crippen molar-refractivity contribution in [3.05, 3.63) is 53.6 Å². The number of aryl methyl sites for hydroxylation is 1. The van der Waals surface area contributed by atoms with E-state index in [2.05, 4.69) is 24.0 Å². The van der Waals surface area contributed by atoms with Gasteiger partial charge in [-0.05, 0) is 43.4 Å². The minimum atomic E-state index is 0.0265. The lowest BCUT2D eigenvalue weighted by Crippen LogP contribution is -2.39. The minimum absolute atomic E-state index is 0.0265. The molecule has 0 bridgehead atoms. The van der Waals surface area contributed by atoms with Crippen LogP contribution in [0.25, 0.3) is 10.2 Å². The van der Waals surface area contributed by atoms with E-state index in [1.54, 1.807) is 23.1 Å². The van der Waals surface area contributed by atoms with Crippen molar-refractivity contribution in [1.29, 1.82) is 0 Å². The summed E-state index contributed by atoms with van der Waals surface area (Å²) in [6.07, 6.45) is 2.91. The first-order valence-electron chi connectivity index (χ1n) is 10.3. The largest absolute Gasteiger partial charge is 0.379 e. The number of amides is 1. The molecule has 0 N–H and O–H groups in total. The summed E-state index contributed by atoms with van der Waals surface area (Å²) >= 11 is 3.20. The van der Waals surface area contributed by atoms with Gasteiger partial charge in [-0.1, -0.05) is 35.6 Å². The molecule has 0 spiro atoms. The van der Waals surface area contributed by atoms with Crippen molar-refractivity contribution < 1.29 is 9.53 Å². The van der Waals surface area contributed by atoms with Crippen LogP contribution < -0.4 is 4.90 Å². The van der Waals surface area contributed by atoms with Crippen LogP contribution in [0.1, 0.15) is 22.3 Å². The van der Waals surface area contributed by atoms with Gasteiger partial charge in [-0.2, -0.15) is 0 Å². The van der Waals surface area contributed by atoms with Gasteiger partial charge in [-0.15, -0.1) is 11.8 Å². The Hall–Kier alpha value is -1.93. The molecule has 1 aliphatic heterocycles. The number of hydrogen-bond donors (Lipinski definition) is 0. The maximum absolute atomic E-state index is 13.6. The van der Waals surface area contributed by atoms with Gasteiger partial charge < -0.3 is 4.74 Å². The number of thioether (sulfide) groups is 1. The highest BCUT2D eigenvalue weighted by atomic mass is 32.2. The van der Waals surface area contributed by atoms with Gasteiger partial charge in [0.15, 0.2) is 5.13 Å². The Morgan fingerprint density at radius 1 is 1.20 bits per heavy atom. The maximum atomic E-state index is 13.6. The molecule has 7 heteroatoms. The van der Waals surface area contributed by atoms with Crippen molar-refractivity contribution in [2.75, 3.05) is 50.5 Å². The van der Waals surface area contributed by atoms with Crippen LogP contribution in [0, 0.1) is 6.92 Å². The highest BCUT2D eigenvalue weighted by molar-refractivity contribution is 7.98. The molecule has 0 radical (unpaired) electrons. The number of ether oxygens (including phenoxy) is 1. The first-order valence-corrected chi connectivity index (χ1v) is 12.3. The van der Waals surface area contributed by atoms with Gasteiger partial charge in [-0.3, -0.25) is 14.6 Å². The number of benzene rings is 2. The lowest BCUT2D eigenvalue weighted by atomic mass is 10.2. The normalized spacial score (nSPS) is 14.9. The summed E-state index contributed by atoms with van der Waals surface area (Å²) in [6.45, 7) is 7.19. The summed E-state index contributed by atoms with van der Waals surface area (Å²) in [6, 6.07) is 14.0. The first kappa shape index (κ1) is 21.3. The molecule has 5 nitrogen and oxygen atoms in total. The van der Waals surface area contributed by atoms with E-state index in [0.29, 0.717) is 6.54 Å². The van der Waals surface area contributed by atoms with E-state index in [1.807, 2.05) is 41.5 Å². The molecular formula is C23H27N3O2S2. The fourth-order valence-corrected chi connectivity index (χ4v) is 5.38. The second-order valence-electron chi connectivity index (χ2n) is 7.38. The quantitative estimate of drug-likeness (QED) is 0.498. The van der Waals surface area contributed by atoms with Gasteiger partial charge in [0.05, 0.1) is 29.0 Å². The molecule has 0 saturated carbocycles. The fraction of sp³-hybridized carbons (Fsp3) is 0.391. The van der Waals surface area contributed by atoms with E-state index >= 15 is 0 Å². The van der Waals surface area contributed by atoms with Crippen molar-refractivity contribution in [3.8, 4) is 0 Å². The SMILES string of the molecule is CSc1ccccc1C(=O)N(CCCN1CCOCC1)c1nc2c(C)cccc2s1. The van der Waals surface area contributed by atoms with Gasteiger partial charge in [-0.25, -0.2) is 4.98 Å². The predicted molar refractivity (Wildman–Crippen MR) is 126 cm³/mol. The molecule has 158 valence electrons. The highest BCUT2D eigenvalue weighted by Gasteiger charge is 2.24. The Morgan fingerprint density at radius 3 is 2.77 bits per heavy atom. The lowest BCUT2D eigenvalue weighted by Gasteiger charge is -2.28. The van der Waals surface area contributed by atoms with Gasteiger partial charge >= 0.3 is 0 Å². The Kier molecular flexibility index (Phi) is 7.04. The molecule has 2 aromatic carbocycles. The third-order valence-corrected chi connectivity index (χ3v) is 7.22. The number of fused-ring (bicyclic) bond motifs is 1. The number of anilines is 1. The van der Waals surface area contributed by atoms with Crippen LogP contribution in [0.3, 0.4) is 0 Å². The summed E-state index contributed by atoms with van der Waals surface area (Å²) in [5.74, 6) is 0.0265. The van der Waals surface area contributed by atoms with E-state index < -0.39 is 0 Å². The van der Waals surface area contributed by atoms with Gasteiger partial charge in [0, 0.05) is 31.1 Å². The number of para-hydroxylation sites is 1. The molecule has 0 unspecified atom stereocenters. The van der Waals surface area contributed by atoms with E-state index in [-0.39, 0.29) is 5.91 Å². The average Bonchev–Trinajstić information content (AvgIpc) is 3.22. The van der Waals surface area contributed by atoms with Crippen LogP contribution in [-0.2, 0) is 4.74 Å². The van der Waals surface area contributed by atoms with E-state index in [9.17, 15) is 4.79 Å². The Labute approximate surface area is 186 Å². The van der Waals surface area contributed by atoms with Crippen molar-refractivity contribution >= 4 is 44.4 Å². The molecule has 1 amide bonds. The Morgan fingerprint density at radius 2 is 2.00 bits per heavy atom. The van der Waals surface area contributed by atoms with Crippen molar-refractivity contribution in [2.45, 2.75) is 18.2 Å². The third kappa shape index (κ3) is 4.70. The highest BCUT2D eigenvalue weighted by Crippen LogP contribution is 2.32. The number of morpholine rings is 1. The van der Waals surface area contributed by atoms with E-state index in [0.717, 1.165) is 70.6 Å². The summed E-state index contributed by atoms with van der Waals surface area (Å²) < 4.78 is 6.57. The topological polar surface area (TPSA) is 45.7 Å². The van der Waals surface area contributed by atoms with E-state index in [1.165, 1.54) is 0 Å². The molecule has 1 aliphatic rings. The van der Waals surface area contributed by atoms with Crippen molar-refractivity contribution in [3.63, 3.8) is 0 Å². The summed E-state index contributed by atoms with van der Waals surface area (Å²) in [7, 11) is 0. The van der Waals surface area contributed by atoms with Crippen LogP contribution in [-0.4, -0.2) is 61.4 Å².